The van der Waals surface area contributed by atoms with Crippen LogP contribution in [0.15, 0.2) is 30.6 Å². The topological polar surface area (TPSA) is 47.8 Å². The van der Waals surface area contributed by atoms with E-state index in [0.717, 1.165) is 17.8 Å². The Morgan fingerprint density at radius 1 is 1.38 bits per heavy atom. The van der Waals surface area contributed by atoms with Crippen LogP contribution in [-0.2, 0) is 0 Å². The number of aromatic nitrogens is 3. The Kier molecular flexibility index (Phi) is 2.06. The van der Waals surface area contributed by atoms with Gasteiger partial charge in [-0.3, -0.25) is 4.79 Å². The van der Waals surface area contributed by atoms with E-state index < -0.39 is 0 Å². The quantitative estimate of drug-likeness (QED) is 0.732. The molecule has 80 valence electrons. The van der Waals surface area contributed by atoms with E-state index in [9.17, 15) is 4.79 Å². The molecule has 0 atom stereocenters. The van der Waals surface area contributed by atoms with Crippen molar-refractivity contribution in [3.8, 4) is 5.69 Å². The highest BCUT2D eigenvalue weighted by atomic mass is 16.1. The van der Waals surface area contributed by atoms with Gasteiger partial charge in [0.15, 0.2) is 5.82 Å². The first-order chi connectivity index (χ1) is 7.86. The van der Waals surface area contributed by atoms with Crippen LogP contribution in [0.3, 0.4) is 0 Å². The number of benzene rings is 1. The van der Waals surface area contributed by atoms with Crippen LogP contribution in [0, 0.1) is 0 Å². The van der Waals surface area contributed by atoms with Crippen LogP contribution < -0.4 is 0 Å². The molecule has 1 saturated carbocycles. The van der Waals surface area contributed by atoms with Gasteiger partial charge in [0.25, 0.3) is 0 Å². The molecule has 1 fully saturated rings. The predicted molar refractivity (Wildman–Crippen MR) is 58.7 cm³/mol. The molecule has 1 aromatic heterocycles. The first kappa shape index (κ1) is 9.27. The van der Waals surface area contributed by atoms with Crippen molar-refractivity contribution < 1.29 is 4.79 Å². The van der Waals surface area contributed by atoms with Crippen LogP contribution in [0.2, 0.25) is 0 Å². The third-order valence-corrected chi connectivity index (χ3v) is 2.72. The molecule has 0 amide bonds. The van der Waals surface area contributed by atoms with E-state index in [4.69, 9.17) is 0 Å². The molecule has 0 saturated heterocycles. The molecular weight excluding hydrogens is 202 g/mol. The van der Waals surface area contributed by atoms with Gasteiger partial charge in [0.2, 0.25) is 0 Å². The number of hydrogen-bond donors (Lipinski definition) is 0. The summed E-state index contributed by atoms with van der Waals surface area (Å²) in [6.07, 6.45) is 4.93. The monoisotopic (exact) mass is 213 g/mol. The van der Waals surface area contributed by atoms with Gasteiger partial charge in [-0.05, 0) is 25.0 Å². The van der Waals surface area contributed by atoms with Gasteiger partial charge in [0.1, 0.15) is 12.6 Å². The second kappa shape index (κ2) is 3.56. The molecule has 3 rings (SSSR count). The number of carbonyl (C=O) groups is 1. The van der Waals surface area contributed by atoms with Crippen molar-refractivity contribution >= 4 is 6.29 Å². The number of rotatable bonds is 3. The Hall–Kier alpha value is -1.97. The van der Waals surface area contributed by atoms with Gasteiger partial charge in [0.05, 0.1) is 5.69 Å². The fourth-order valence-corrected chi connectivity index (χ4v) is 1.67. The second-order valence-corrected chi connectivity index (χ2v) is 4.03. The van der Waals surface area contributed by atoms with Gasteiger partial charge >= 0.3 is 0 Å². The zero-order chi connectivity index (χ0) is 11.0. The highest BCUT2D eigenvalue weighted by Crippen LogP contribution is 2.37. The molecule has 1 aliphatic rings. The Balaban J connectivity index is 1.96. The number of nitrogens with zero attached hydrogens (tertiary/aromatic N) is 3. The Morgan fingerprint density at radius 2 is 2.25 bits per heavy atom. The second-order valence-electron chi connectivity index (χ2n) is 4.03. The van der Waals surface area contributed by atoms with Gasteiger partial charge in [-0.25, -0.2) is 9.67 Å². The zero-order valence-electron chi connectivity index (χ0n) is 8.71. The summed E-state index contributed by atoms with van der Waals surface area (Å²) in [5.41, 5.74) is 1.53. The van der Waals surface area contributed by atoms with Crippen LogP contribution >= 0.6 is 0 Å². The molecule has 2 aromatic rings. The number of carbonyl (C=O) groups excluding carboxylic acids is 1. The Morgan fingerprint density at radius 3 is 3.00 bits per heavy atom. The van der Waals surface area contributed by atoms with E-state index in [1.165, 1.54) is 12.8 Å². The standard InChI is InChI=1S/C12H11N3O/c16-7-9-2-1-3-11(6-9)15-8-13-12(14-15)10-4-5-10/h1-3,6-8,10H,4-5H2. The lowest BCUT2D eigenvalue weighted by molar-refractivity contribution is 0.112. The minimum Gasteiger partial charge on any atom is -0.298 e. The van der Waals surface area contributed by atoms with Crippen molar-refractivity contribution in [2.45, 2.75) is 18.8 Å². The molecule has 4 heteroatoms. The predicted octanol–water partition coefficient (Wildman–Crippen LogP) is 1.96. The molecule has 0 N–H and O–H groups in total. The van der Waals surface area contributed by atoms with Crippen molar-refractivity contribution in [3.05, 3.63) is 42.0 Å². The van der Waals surface area contributed by atoms with Crippen molar-refractivity contribution in [1.29, 1.82) is 0 Å². The third kappa shape index (κ3) is 1.62. The molecule has 1 aliphatic carbocycles. The van der Waals surface area contributed by atoms with E-state index in [-0.39, 0.29) is 0 Å². The van der Waals surface area contributed by atoms with Crippen LogP contribution in [-0.4, -0.2) is 21.1 Å². The number of aldehydes is 1. The summed E-state index contributed by atoms with van der Waals surface area (Å²) in [4.78, 5) is 14.9. The molecule has 0 aliphatic heterocycles. The van der Waals surface area contributed by atoms with Gasteiger partial charge in [-0.2, -0.15) is 5.10 Å². The van der Waals surface area contributed by atoms with E-state index in [0.29, 0.717) is 11.5 Å². The van der Waals surface area contributed by atoms with Crippen LogP contribution in [0.4, 0.5) is 0 Å². The highest BCUT2D eigenvalue weighted by Gasteiger charge is 2.27. The fraction of sp³-hybridized carbons (Fsp3) is 0.250. The van der Waals surface area contributed by atoms with Crippen LogP contribution in [0.25, 0.3) is 5.69 Å². The molecule has 0 bridgehead atoms. The van der Waals surface area contributed by atoms with Crippen molar-refractivity contribution in [3.63, 3.8) is 0 Å². The van der Waals surface area contributed by atoms with Crippen molar-refractivity contribution in [1.82, 2.24) is 14.8 Å². The van der Waals surface area contributed by atoms with Gasteiger partial charge in [-0.1, -0.05) is 12.1 Å². The smallest absolute Gasteiger partial charge is 0.154 e. The SMILES string of the molecule is O=Cc1cccc(-n2cnc(C3CC3)n2)c1. The molecular formula is C12H11N3O. The summed E-state index contributed by atoms with van der Waals surface area (Å²) in [5, 5.41) is 4.41. The number of hydrogen-bond acceptors (Lipinski definition) is 3. The summed E-state index contributed by atoms with van der Waals surface area (Å²) in [5.74, 6) is 1.46. The summed E-state index contributed by atoms with van der Waals surface area (Å²) >= 11 is 0. The maximum atomic E-state index is 10.7. The van der Waals surface area contributed by atoms with Crippen LogP contribution in [0.1, 0.15) is 34.9 Å². The first-order valence-electron chi connectivity index (χ1n) is 5.34. The van der Waals surface area contributed by atoms with E-state index in [2.05, 4.69) is 10.1 Å². The summed E-state index contributed by atoms with van der Waals surface area (Å²) < 4.78 is 1.72. The lowest BCUT2D eigenvalue weighted by Crippen LogP contribution is -1.96. The van der Waals surface area contributed by atoms with Gasteiger partial charge < -0.3 is 0 Å². The maximum Gasteiger partial charge on any atom is 0.154 e. The zero-order valence-corrected chi connectivity index (χ0v) is 8.71. The minimum absolute atomic E-state index is 0.551. The summed E-state index contributed by atoms with van der Waals surface area (Å²) in [6.45, 7) is 0. The third-order valence-electron chi connectivity index (χ3n) is 2.72. The van der Waals surface area contributed by atoms with E-state index >= 15 is 0 Å². The lowest BCUT2D eigenvalue weighted by Gasteiger charge is -2.00. The minimum atomic E-state index is 0.551. The lowest BCUT2D eigenvalue weighted by atomic mass is 10.2. The normalized spacial score (nSPS) is 15.0. The van der Waals surface area contributed by atoms with Crippen molar-refractivity contribution in [2.75, 3.05) is 0 Å². The average Bonchev–Trinajstić information content (AvgIpc) is 3.07. The largest absolute Gasteiger partial charge is 0.298 e. The Labute approximate surface area is 92.9 Å². The van der Waals surface area contributed by atoms with E-state index in [1.54, 1.807) is 23.1 Å². The molecule has 1 heterocycles. The van der Waals surface area contributed by atoms with Gasteiger partial charge in [0, 0.05) is 11.5 Å². The molecule has 1 aromatic carbocycles. The molecule has 0 spiro atoms. The fourth-order valence-electron chi connectivity index (χ4n) is 1.67. The highest BCUT2D eigenvalue weighted by molar-refractivity contribution is 5.75. The van der Waals surface area contributed by atoms with Crippen molar-refractivity contribution in [2.24, 2.45) is 0 Å². The maximum absolute atomic E-state index is 10.7. The van der Waals surface area contributed by atoms with E-state index in [1.807, 2.05) is 12.1 Å². The molecule has 0 unspecified atom stereocenters. The molecule has 4 nitrogen and oxygen atoms in total. The first-order valence-corrected chi connectivity index (χ1v) is 5.34. The molecule has 0 radical (unpaired) electrons. The summed E-state index contributed by atoms with van der Waals surface area (Å²) in [7, 11) is 0. The molecule has 16 heavy (non-hydrogen) atoms. The van der Waals surface area contributed by atoms with Gasteiger partial charge in [-0.15, -0.1) is 0 Å². The Bertz CT molecular complexity index is 529. The summed E-state index contributed by atoms with van der Waals surface area (Å²) in [6, 6.07) is 7.34. The van der Waals surface area contributed by atoms with Crippen LogP contribution in [0.5, 0.6) is 0 Å². The average molecular weight is 213 g/mol.